The molecule has 0 rings (SSSR count). The Morgan fingerprint density at radius 2 is 1.46 bits per heavy atom. The van der Waals surface area contributed by atoms with E-state index in [0.29, 0.717) is 23.5 Å². The molecule has 1 heteroatoms. The molecule has 0 bridgehead atoms. The van der Waals surface area contributed by atoms with Gasteiger partial charge in [-0.1, -0.05) is 27.7 Å². The quantitative estimate of drug-likeness (QED) is 0.647. The van der Waals surface area contributed by atoms with Crippen molar-refractivity contribution in [2.75, 3.05) is 0 Å². The van der Waals surface area contributed by atoms with Crippen LogP contribution in [0.2, 0.25) is 0 Å². The topological polar surface area (TPSA) is 9.23 Å². The Balaban J connectivity index is 3.89. The second-order valence-corrected chi connectivity index (χ2v) is 5.63. The van der Waals surface area contributed by atoms with Gasteiger partial charge in [-0.2, -0.15) is 0 Å². The Morgan fingerprint density at radius 3 is 1.77 bits per heavy atom. The first kappa shape index (κ1) is 13.0. The minimum absolute atomic E-state index is 0.345. The SMILES string of the molecule is CC(C)OC(C)C(C)CC(C)(C)C. The molecule has 0 fully saturated rings. The van der Waals surface area contributed by atoms with E-state index < -0.39 is 0 Å². The van der Waals surface area contributed by atoms with Crippen molar-refractivity contribution in [1.82, 2.24) is 0 Å². The van der Waals surface area contributed by atoms with Crippen LogP contribution in [0.5, 0.6) is 0 Å². The van der Waals surface area contributed by atoms with Gasteiger partial charge in [0.25, 0.3) is 0 Å². The summed E-state index contributed by atoms with van der Waals surface area (Å²) >= 11 is 0. The molecule has 0 aliphatic carbocycles. The van der Waals surface area contributed by atoms with Crippen LogP contribution in [0.3, 0.4) is 0 Å². The predicted octanol–water partition coefficient (Wildman–Crippen LogP) is 3.87. The molecular formula is C12H26O. The molecule has 0 saturated heterocycles. The lowest BCUT2D eigenvalue weighted by Gasteiger charge is -2.28. The summed E-state index contributed by atoms with van der Waals surface area (Å²) in [6, 6.07) is 0. The largest absolute Gasteiger partial charge is 0.376 e. The molecule has 2 atom stereocenters. The first-order chi connectivity index (χ1) is 5.72. The average molecular weight is 186 g/mol. The minimum atomic E-state index is 0.345. The highest BCUT2D eigenvalue weighted by Gasteiger charge is 2.20. The molecule has 2 unspecified atom stereocenters. The molecule has 0 aromatic carbocycles. The Hall–Kier alpha value is -0.0400. The van der Waals surface area contributed by atoms with Crippen LogP contribution in [-0.4, -0.2) is 12.2 Å². The monoisotopic (exact) mass is 186 g/mol. The van der Waals surface area contributed by atoms with Gasteiger partial charge in [0.1, 0.15) is 0 Å². The number of hydrogen-bond donors (Lipinski definition) is 0. The smallest absolute Gasteiger partial charge is 0.0576 e. The molecule has 0 N–H and O–H groups in total. The first-order valence-electron chi connectivity index (χ1n) is 5.38. The maximum absolute atomic E-state index is 5.76. The Kier molecular flexibility index (Phi) is 4.98. The zero-order chi connectivity index (χ0) is 10.6. The predicted molar refractivity (Wildman–Crippen MR) is 58.9 cm³/mol. The van der Waals surface area contributed by atoms with E-state index in [0.717, 1.165) is 0 Å². The van der Waals surface area contributed by atoms with Crippen LogP contribution < -0.4 is 0 Å². The van der Waals surface area contributed by atoms with E-state index >= 15 is 0 Å². The van der Waals surface area contributed by atoms with Crippen molar-refractivity contribution in [2.24, 2.45) is 11.3 Å². The Labute approximate surface area is 83.9 Å². The number of rotatable bonds is 4. The van der Waals surface area contributed by atoms with E-state index in [2.05, 4.69) is 48.5 Å². The summed E-state index contributed by atoms with van der Waals surface area (Å²) in [5.41, 5.74) is 0.411. The summed E-state index contributed by atoms with van der Waals surface area (Å²) < 4.78 is 5.76. The van der Waals surface area contributed by atoms with Gasteiger partial charge in [-0.3, -0.25) is 0 Å². The van der Waals surface area contributed by atoms with E-state index in [1.54, 1.807) is 0 Å². The summed E-state index contributed by atoms with van der Waals surface area (Å²) in [5.74, 6) is 0.641. The van der Waals surface area contributed by atoms with Crippen LogP contribution in [0, 0.1) is 11.3 Å². The molecule has 0 radical (unpaired) electrons. The van der Waals surface area contributed by atoms with Crippen molar-refractivity contribution >= 4 is 0 Å². The van der Waals surface area contributed by atoms with Crippen LogP contribution in [0.15, 0.2) is 0 Å². The molecule has 0 saturated carbocycles. The van der Waals surface area contributed by atoms with Gasteiger partial charge < -0.3 is 4.74 Å². The average Bonchev–Trinajstić information content (AvgIpc) is 1.81. The van der Waals surface area contributed by atoms with Crippen LogP contribution >= 0.6 is 0 Å². The molecule has 80 valence electrons. The lowest BCUT2D eigenvalue weighted by Crippen LogP contribution is -2.25. The third-order valence-corrected chi connectivity index (χ3v) is 2.22. The third kappa shape index (κ3) is 7.06. The van der Waals surface area contributed by atoms with Gasteiger partial charge in [0.2, 0.25) is 0 Å². The van der Waals surface area contributed by atoms with Crippen molar-refractivity contribution in [2.45, 2.75) is 67.1 Å². The van der Waals surface area contributed by atoms with Crippen molar-refractivity contribution in [3.8, 4) is 0 Å². The Morgan fingerprint density at radius 1 is 1.00 bits per heavy atom. The van der Waals surface area contributed by atoms with Crippen LogP contribution in [-0.2, 0) is 4.74 Å². The van der Waals surface area contributed by atoms with Gasteiger partial charge in [-0.25, -0.2) is 0 Å². The number of ether oxygens (including phenoxy) is 1. The van der Waals surface area contributed by atoms with E-state index in [9.17, 15) is 0 Å². The maximum atomic E-state index is 5.76. The van der Waals surface area contributed by atoms with Crippen LogP contribution in [0.4, 0.5) is 0 Å². The van der Waals surface area contributed by atoms with Crippen molar-refractivity contribution < 1.29 is 4.74 Å². The summed E-state index contributed by atoms with van der Waals surface area (Å²) in [6.45, 7) is 15.5. The maximum Gasteiger partial charge on any atom is 0.0576 e. The third-order valence-electron chi connectivity index (χ3n) is 2.22. The molecule has 13 heavy (non-hydrogen) atoms. The summed E-state index contributed by atoms with van der Waals surface area (Å²) in [4.78, 5) is 0. The lowest BCUT2D eigenvalue weighted by molar-refractivity contribution is -0.0197. The van der Waals surface area contributed by atoms with Crippen LogP contribution in [0.25, 0.3) is 0 Å². The highest BCUT2D eigenvalue weighted by molar-refractivity contribution is 4.70. The van der Waals surface area contributed by atoms with Gasteiger partial charge in [0, 0.05) is 0 Å². The zero-order valence-corrected chi connectivity index (χ0v) is 10.3. The van der Waals surface area contributed by atoms with E-state index in [1.165, 1.54) is 6.42 Å². The van der Waals surface area contributed by atoms with Crippen LogP contribution in [0.1, 0.15) is 54.9 Å². The lowest BCUT2D eigenvalue weighted by atomic mass is 9.83. The normalized spacial score (nSPS) is 17.5. The first-order valence-corrected chi connectivity index (χ1v) is 5.38. The van der Waals surface area contributed by atoms with E-state index in [4.69, 9.17) is 4.74 Å². The molecule has 0 spiro atoms. The van der Waals surface area contributed by atoms with Gasteiger partial charge in [-0.15, -0.1) is 0 Å². The highest BCUT2D eigenvalue weighted by atomic mass is 16.5. The fraction of sp³-hybridized carbons (Fsp3) is 1.00. The Bertz CT molecular complexity index is 133. The van der Waals surface area contributed by atoms with E-state index in [1.807, 2.05) is 0 Å². The standard InChI is InChI=1S/C12H26O/c1-9(2)13-11(4)10(3)8-12(5,6)7/h9-11H,8H2,1-7H3. The molecule has 0 aliphatic rings. The summed E-state index contributed by atoms with van der Waals surface area (Å²) in [5, 5.41) is 0. The van der Waals surface area contributed by atoms with Gasteiger partial charge in [0.05, 0.1) is 12.2 Å². The molecule has 1 nitrogen and oxygen atoms in total. The van der Waals surface area contributed by atoms with Crippen molar-refractivity contribution in [1.29, 1.82) is 0 Å². The molecular weight excluding hydrogens is 160 g/mol. The second-order valence-electron chi connectivity index (χ2n) is 5.63. The van der Waals surface area contributed by atoms with E-state index in [-0.39, 0.29) is 0 Å². The van der Waals surface area contributed by atoms with Gasteiger partial charge >= 0.3 is 0 Å². The number of hydrogen-bond acceptors (Lipinski definition) is 1. The highest BCUT2D eigenvalue weighted by Crippen LogP contribution is 2.27. The minimum Gasteiger partial charge on any atom is -0.376 e. The zero-order valence-electron chi connectivity index (χ0n) is 10.3. The molecule has 0 aliphatic heterocycles. The molecule has 0 heterocycles. The molecule has 0 aromatic heterocycles. The summed E-state index contributed by atoms with van der Waals surface area (Å²) in [7, 11) is 0. The summed E-state index contributed by atoms with van der Waals surface area (Å²) in [6.07, 6.45) is 1.94. The van der Waals surface area contributed by atoms with Gasteiger partial charge in [0.15, 0.2) is 0 Å². The van der Waals surface area contributed by atoms with Crippen molar-refractivity contribution in [3.05, 3.63) is 0 Å². The molecule has 0 aromatic rings. The van der Waals surface area contributed by atoms with Crippen molar-refractivity contribution in [3.63, 3.8) is 0 Å². The van der Waals surface area contributed by atoms with Gasteiger partial charge in [-0.05, 0) is 38.5 Å². The molecule has 0 amide bonds. The second kappa shape index (κ2) is 4.99. The fourth-order valence-electron chi connectivity index (χ4n) is 1.70. The fourth-order valence-corrected chi connectivity index (χ4v) is 1.70.